The van der Waals surface area contributed by atoms with Crippen LogP contribution < -0.4 is 23.7 Å². The number of ether oxygens (including phenoxy) is 5. The van der Waals surface area contributed by atoms with Crippen molar-refractivity contribution in [3.05, 3.63) is 77.4 Å². The second-order valence-corrected chi connectivity index (χ2v) is 7.84. The summed E-state index contributed by atoms with van der Waals surface area (Å²) in [5, 5.41) is 7.05. The minimum absolute atomic E-state index is 0.0130. The van der Waals surface area contributed by atoms with Gasteiger partial charge in [-0.25, -0.2) is 5.01 Å². The molecule has 0 aromatic heterocycles. The first kappa shape index (κ1) is 21.0. The Balaban J connectivity index is 1.60. The molecule has 3 aromatic rings. The van der Waals surface area contributed by atoms with Crippen molar-refractivity contribution in [3.8, 4) is 28.7 Å². The molecule has 0 saturated carbocycles. The van der Waals surface area contributed by atoms with Crippen LogP contribution in [-0.4, -0.2) is 39.2 Å². The number of rotatable bonds is 6. The van der Waals surface area contributed by atoms with Gasteiger partial charge in [-0.2, -0.15) is 5.10 Å². The molecular formula is C26H26N2O5. The van der Waals surface area contributed by atoms with Crippen LogP contribution in [0.25, 0.3) is 0 Å². The molecule has 5 rings (SSSR count). The molecule has 0 spiro atoms. The highest BCUT2D eigenvalue weighted by Gasteiger charge is 2.42. The fourth-order valence-corrected chi connectivity index (χ4v) is 4.43. The summed E-state index contributed by atoms with van der Waals surface area (Å²) in [5.41, 5.74) is 4.01. The molecule has 2 aliphatic heterocycles. The predicted molar refractivity (Wildman–Crippen MR) is 125 cm³/mol. The average Bonchev–Trinajstić information content (AvgIpc) is 3.33. The largest absolute Gasteiger partial charge is 0.497 e. The van der Waals surface area contributed by atoms with E-state index in [4.69, 9.17) is 28.8 Å². The van der Waals surface area contributed by atoms with Gasteiger partial charge < -0.3 is 23.7 Å². The molecule has 3 aromatic carbocycles. The Morgan fingerprint density at radius 1 is 0.818 bits per heavy atom. The standard InChI is InChI=1S/C26H26N2O5/c1-29-18-11-8-16(9-12-18)20-15-21-19-6-5-7-23(31-3)25(19)33-26(28(21)27-20)17-10-13-22(30-2)24(14-17)32-4/h5-14,21,26H,15H2,1-4H3/t21-,26-/m1/s1. The van der Waals surface area contributed by atoms with Gasteiger partial charge in [-0.3, -0.25) is 0 Å². The molecular weight excluding hydrogens is 420 g/mol. The Kier molecular flexibility index (Phi) is 5.46. The third kappa shape index (κ3) is 3.59. The lowest BCUT2D eigenvalue weighted by Gasteiger charge is -2.38. The molecule has 170 valence electrons. The van der Waals surface area contributed by atoms with Crippen LogP contribution in [0.5, 0.6) is 28.7 Å². The Bertz CT molecular complexity index is 1190. The summed E-state index contributed by atoms with van der Waals surface area (Å²) in [6.07, 6.45) is 0.300. The quantitative estimate of drug-likeness (QED) is 0.533. The van der Waals surface area contributed by atoms with Gasteiger partial charge >= 0.3 is 0 Å². The number of hydrogen-bond acceptors (Lipinski definition) is 7. The monoisotopic (exact) mass is 446 g/mol. The first-order chi connectivity index (χ1) is 16.2. The summed E-state index contributed by atoms with van der Waals surface area (Å²) in [6.45, 7) is 0. The van der Waals surface area contributed by atoms with Crippen molar-refractivity contribution >= 4 is 5.71 Å². The van der Waals surface area contributed by atoms with Crippen LogP contribution in [-0.2, 0) is 0 Å². The van der Waals surface area contributed by atoms with Crippen LogP contribution in [0, 0.1) is 0 Å². The summed E-state index contributed by atoms with van der Waals surface area (Å²) in [6, 6.07) is 19.8. The van der Waals surface area contributed by atoms with E-state index in [1.165, 1.54) is 0 Å². The molecule has 33 heavy (non-hydrogen) atoms. The van der Waals surface area contributed by atoms with Crippen LogP contribution >= 0.6 is 0 Å². The van der Waals surface area contributed by atoms with Crippen molar-refractivity contribution in [2.45, 2.75) is 18.7 Å². The highest BCUT2D eigenvalue weighted by Crippen LogP contribution is 2.51. The average molecular weight is 447 g/mol. The molecule has 7 heteroatoms. The van der Waals surface area contributed by atoms with Gasteiger partial charge in [-0.1, -0.05) is 12.1 Å². The Morgan fingerprint density at radius 3 is 2.27 bits per heavy atom. The molecule has 2 heterocycles. The number of fused-ring (bicyclic) bond motifs is 3. The van der Waals surface area contributed by atoms with Crippen LogP contribution in [0.15, 0.2) is 65.8 Å². The minimum atomic E-state index is -0.450. The molecule has 0 radical (unpaired) electrons. The smallest absolute Gasteiger partial charge is 0.214 e. The number of nitrogens with zero attached hydrogens (tertiary/aromatic N) is 2. The fourth-order valence-electron chi connectivity index (χ4n) is 4.43. The molecule has 2 atom stereocenters. The molecule has 2 aliphatic rings. The van der Waals surface area contributed by atoms with Gasteiger partial charge in [0.25, 0.3) is 0 Å². The SMILES string of the molecule is COc1ccc(C2=NN3[C@H](C2)c2cccc(OC)c2O[C@@H]3c2ccc(OC)c(OC)c2)cc1. The molecule has 0 amide bonds. The highest BCUT2D eigenvalue weighted by atomic mass is 16.5. The van der Waals surface area contributed by atoms with Crippen LogP contribution in [0.1, 0.15) is 35.4 Å². The van der Waals surface area contributed by atoms with Gasteiger partial charge in [0, 0.05) is 17.5 Å². The summed E-state index contributed by atoms with van der Waals surface area (Å²) in [7, 11) is 6.57. The summed E-state index contributed by atoms with van der Waals surface area (Å²) >= 11 is 0. The van der Waals surface area contributed by atoms with E-state index in [-0.39, 0.29) is 6.04 Å². The van der Waals surface area contributed by atoms with E-state index in [0.29, 0.717) is 17.2 Å². The highest BCUT2D eigenvalue weighted by molar-refractivity contribution is 6.02. The lowest BCUT2D eigenvalue weighted by atomic mass is 9.95. The van der Waals surface area contributed by atoms with Crippen molar-refractivity contribution in [2.24, 2.45) is 5.10 Å². The van der Waals surface area contributed by atoms with Crippen molar-refractivity contribution in [2.75, 3.05) is 28.4 Å². The van der Waals surface area contributed by atoms with E-state index < -0.39 is 6.23 Å². The van der Waals surface area contributed by atoms with Gasteiger partial charge in [-0.05, 0) is 54.1 Å². The van der Waals surface area contributed by atoms with Crippen molar-refractivity contribution in [1.82, 2.24) is 5.01 Å². The molecule has 0 fully saturated rings. The minimum Gasteiger partial charge on any atom is -0.497 e. The van der Waals surface area contributed by atoms with E-state index in [1.807, 2.05) is 59.6 Å². The van der Waals surface area contributed by atoms with Crippen molar-refractivity contribution < 1.29 is 23.7 Å². The number of para-hydroxylation sites is 1. The normalized spacial score (nSPS) is 18.5. The Labute approximate surface area is 193 Å². The Morgan fingerprint density at radius 2 is 1.58 bits per heavy atom. The van der Waals surface area contributed by atoms with Crippen LogP contribution in [0.4, 0.5) is 0 Å². The van der Waals surface area contributed by atoms with Gasteiger partial charge in [0.15, 0.2) is 23.0 Å². The second-order valence-electron chi connectivity index (χ2n) is 7.84. The first-order valence-corrected chi connectivity index (χ1v) is 10.7. The van der Waals surface area contributed by atoms with E-state index in [2.05, 4.69) is 6.07 Å². The zero-order chi connectivity index (χ0) is 22.9. The molecule has 0 saturated heterocycles. The third-order valence-corrected chi connectivity index (χ3v) is 6.12. The zero-order valence-electron chi connectivity index (χ0n) is 19.1. The molecule has 7 nitrogen and oxygen atoms in total. The van der Waals surface area contributed by atoms with Crippen LogP contribution in [0.2, 0.25) is 0 Å². The molecule has 0 aliphatic carbocycles. The molecule has 0 N–H and O–H groups in total. The van der Waals surface area contributed by atoms with Gasteiger partial charge in [-0.15, -0.1) is 0 Å². The maximum absolute atomic E-state index is 6.53. The van der Waals surface area contributed by atoms with Crippen molar-refractivity contribution in [3.63, 3.8) is 0 Å². The van der Waals surface area contributed by atoms with Gasteiger partial charge in [0.05, 0.1) is 40.2 Å². The lowest BCUT2D eigenvalue weighted by Crippen LogP contribution is -2.33. The zero-order valence-corrected chi connectivity index (χ0v) is 19.1. The Hall–Kier alpha value is -3.87. The summed E-state index contributed by atoms with van der Waals surface area (Å²) in [5.74, 6) is 3.56. The maximum Gasteiger partial charge on any atom is 0.214 e. The van der Waals surface area contributed by atoms with E-state index in [1.54, 1.807) is 28.4 Å². The predicted octanol–water partition coefficient (Wildman–Crippen LogP) is 4.96. The molecule has 0 bridgehead atoms. The third-order valence-electron chi connectivity index (χ3n) is 6.12. The maximum atomic E-state index is 6.53. The summed E-state index contributed by atoms with van der Waals surface area (Å²) in [4.78, 5) is 0. The van der Waals surface area contributed by atoms with Gasteiger partial charge in [0.1, 0.15) is 5.75 Å². The molecule has 0 unspecified atom stereocenters. The van der Waals surface area contributed by atoms with E-state index in [9.17, 15) is 0 Å². The van der Waals surface area contributed by atoms with Crippen molar-refractivity contribution in [1.29, 1.82) is 0 Å². The lowest BCUT2D eigenvalue weighted by molar-refractivity contribution is -0.0210. The van der Waals surface area contributed by atoms with Gasteiger partial charge in [0.2, 0.25) is 6.23 Å². The fraction of sp³-hybridized carbons (Fsp3) is 0.269. The van der Waals surface area contributed by atoms with E-state index >= 15 is 0 Å². The first-order valence-electron chi connectivity index (χ1n) is 10.7. The number of benzene rings is 3. The number of hydrazone groups is 1. The van der Waals surface area contributed by atoms with E-state index in [0.717, 1.165) is 40.3 Å². The number of hydrogen-bond donors (Lipinski definition) is 0. The number of methoxy groups -OCH3 is 4. The second kappa shape index (κ2) is 8.58. The topological polar surface area (TPSA) is 61.8 Å². The summed E-state index contributed by atoms with van der Waals surface area (Å²) < 4.78 is 28.4. The van der Waals surface area contributed by atoms with Crippen LogP contribution in [0.3, 0.4) is 0 Å².